The number of aromatic amines is 1. The van der Waals surface area contributed by atoms with Gasteiger partial charge in [-0.1, -0.05) is 30.3 Å². The number of carbonyl (C=O) groups excluding carboxylic acids is 2. The van der Waals surface area contributed by atoms with Crippen molar-refractivity contribution in [3.05, 3.63) is 71.4 Å². The number of rotatable bonds is 6. The van der Waals surface area contributed by atoms with Gasteiger partial charge in [0.05, 0.1) is 23.4 Å². The molecule has 1 N–H and O–H groups in total. The topological polar surface area (TPSA) is 68.4 Å². The summed E-state index contributed by atoms with van der Waals surface area (Å²) in [7, 11) is 0. The maximum atomic E-state index is 12.2. The van der Waals surface area contributed by atoms with Gasteiger partial charge in [0.15, 0.2) is 6.29 Å². The second kappa shape index (κ2) is 7.70. The number of carbonyl (C=O) groups is 2. The minimum Gasteiger partial charge on any atom is -0.462 e. The average Bonchev–Trinajstić information content (AvgIpc) is 2.99. The van der Waals surface area contributed by atoms with Crippen LogP contribution in [0.3, 0.4) is 0 Å². The molecule has 0 saturated carbocycles. The Morgan fingerprint density at radius 2 is 1.77 bits per heavy atom. The van der Waals surface area contributed by atoms with Crippen molar-refractivity contribution in [1.82, 2.24) is 4.98 Å². The Morgan fingerprint density at radius 3 is 2.46 bits per heavy atom. The lowest BCUT2D eigenvalue weighted by molar-refractivity contribution is 0.0523. The molecule has 0 aliphatic carbocycles. The Kier molecular flexibility index (Phi) is 5.17. The lowest BCUT2D eigenvalue weighted by Crippen LogP contribution is -2.07. The zero-order chi connectivity index (χ0) is 18.5. The number of H-pyrrole nitrogens is 1. The molecule has 2 aromatic carbocycles. The standard InChI is InChI=1S/C21H19NO4/c1-3-25-21(24)19-14(2)22-20(17(19)13-23)16-11-7-8-12-18(16)26-15-9-5-4-6-10-15/h4-13,22H,3H2,1-2H3. The minimum atomic E-state index is -0.518. The average molecular weight is 349 g/mol. The molecule has 5 heteroatoms. The van der Waals surface area contributed by atoms with E-state index in [1.807, 2.05) is 54.6 Å². The first-order valence-corrected chi connectivity index (χ1v) is 8.32. The molecule has 0 aliphatic heterocycles. The van der Waals surface area contributed by atoms with Crippen LogP contribution in [0, 0.1) is 6.92 Å². The number of ether oxygens (including phenoxy) is 2. The molecular formula is C21H19NO4. The summed E-state index contributed by atoms with van der Waals surface area (Å²) in [6.45, 7) is 3.71. The summed E-state index contributed by atoms with van der Waals surface area (Å²) >= 11 is 0. The fourth-order valence-electron chi connectivity index (χ4n) is 2.82. The monoisotopic (exact) mass is 349 g/mol. The fraction of sp³-hybridized carbons (Fsp3) is 0.143. The van der Waals surface area contributed by atoms with Gasteiger partial charge in [-0.25, -0.2) is 4.79 Å². The number of aldehydes is 1. The quantitative estimate of drug-likeness (QED) is 0.514. The van der Waals surface area contributed by atoms with Crippen LogP contribution in [0.1, 0.15) is 33.3 Å². The maximum Gasteiger partial charge on any atom is 0.340 e. The smallest absolute Gasteiger partial charge is 0.340 e. The molecule has 1 aromatic heterocycles. The van der Waals surface area contributed by atoms with Gasteiger partial charge in [-0.3, -0.25) is 4.79 Å². The predicted octanol–water partition coefficient (Wildman–Crippen LogP) is 4.77. The van der Waals surface area contributed by atoms with E-state index in [9.17, 15) is 9.59 Å². The van der Waals surface area contributed by atoms with Crippen LogP contribution in [0.4, 0.5) is 0 Å². The van der Waals surface area contributed by atoms with Crippen molar-refractivity contribution in [3.8, 4) is 22.8 Å². The van der Waals surface area contributed by atoms with E-state index in [0.717, 1.165) is 0 Å². The lowest BCUT2D eigenvalue weighted by atomic mass is 10.0. The summed E-state index contributed by atoms with van der Waals surface area (Å²) in [4.78, 5) is 27.1. The molecule has 0 aliphatic rings. The number of para-hydroxylation sites is 2. The second-order valence-corrected chi connectivity index (χ2v) is 5.66. The van der Waals surface area contributed by atoms with Crippen LogP contribution < -0.4 is 4.74 Å². The highest BCUT2D eigenvalue weighted by atomic mass is 16.5. The SMILES string of the molecule is CCOC(=O)c1c(C)[nH]c(-c2ccccc2Oc2ccccc2)c1C=O. The molecule has 0 unspecified atom stereocenters. The van der Waals surface area contributed by atoms with Crippen LogP contribution >= 0.6 is 0 Å². The fourth-order valence-corrected chi connectivity index (χ4v) is 2.82. The van der Waals surface area contributed by atoms with E-state index in [4.69, 9.17) is 9.47 Å². The van der Waals surface area contributed by atoms with Crippen LogP contribution in [0.2, 0.25) is 0 Å². The summed E-state index contributed by atoms with van der Waals surface area (Å²) < 4.78 is 11.0. The first-order chi connectivity index (χ1) is 12.7. The number of benzene rings is 2. The van der Waals surface area contributed by atoms with Crippen molar-refractivity contribution in [2.45, 2.75) is 13.8 Å². The Labute approximate surface area is 151 Å². The van der Waals surface area contributed by atoms with E-state index >= 15 is 0 Å². The van der Waals surface area contributed by atoms with E-state index in [2.05, 4.69) is 4.98 Å². The van der Waals surface area contributed by atoms with Crippen molar-refractivity contribution in [3.63, 3.8) is 0 Å². The third-order valence-electron chi connectivity index (χ3n) is 3.95. The van der Waals surface area contributed by atoms with Crippen molar-refractivity contribution >= 4 is 12.3 Å². The minimum absolute atomic E-state index is 0.241. The second-order valence-electron chi connectivity index (χ2n) is 5.66. The van der Waals surface area contributed by atoms with Gasteiger partial charge in [0.25, 0.3) is 0 Å². The molecule has 0 spiro atoms. The van der Waals surface area contributed by atoms with Gasteiger partial charge in [0, 0.05) is 11.3 Å². The van der Waals surface area contributed by atoms with Gasteiger partial charge in [0.2, 0.25) is 0 Å². The molecule has 0 atom stereocenters. The zero-order valence-corrected chi connectivity index (χ0v) is 14.6. The van der Waals surface area contributed by atoms with Crippen LogP contribution in [-0.4, -0.2) is 23.8 Å². The van der Waals surface area contributed by atoms with E-state index in [1.54, 1.807) is 13.8 Å². The van der Waals surface area contributed by atoms with E-state index in [0.29, 0.717) is 34.7 Å². The highest BCUT2D eigenvalue weighted by Gasteiger charge is 2.24. The molecule has 1 heterocycles. The summed E-state index contributed by atoms with van der Waals surface area (Å²) in [6.07, 6.45) is 0.671. The third kappa shape index (κ3) is 3.37. The number of aryl methyl sites for hydroxylation is 1. The Hall–Kier alpha value is -3.34. The number of hydrogen-bond donors (Lipinski definition) is 1. The number of aromatic nitrogens is 1. The molecule has 0 amide bonds. The molecule has 0 radical (unpaired) electrons. The molecule has 132 valence electrons. The van der Waals surface area contributed by atoms with E-state index < -0.39 is 5.97 Å². The molecule has 0 saturated heterocycles. The number of esters is 1. The molecular weight excluding hydrogens is 330 g/mol. The van der Waals surface area contributed by atoms with Gasteiger partial charge in [-0.2, -0.15) is 0 Å². The zero-order valence-electron chi connectivity index (χ0n) is 14.6. The molecule has 3 aromatic rings. The van der Waals surface area contributed by atoms with E-state index in [1.165, 1.54) is 0 Å². The number of nitrogens with one attached hydrogen (secondary N) is 1. The first-order valence-electron chi connectivity index (χ1n) is 8.32. The van der Waals surface area contributed by atoms with Crippen molar-refractivity contribution in [1.29, 1.82) is 0 Å². The largest absolute Gasteiger partial charge is 0.462 e. The van der Waals surface area contributed by atoms with Gasteiger partial charge in [0.1, 0.15) is 11.5 Å². The summed E-state index contributed by atoms with van der Waals surface area (Å²) in [5.41, 5.74) is 2.33. The molecule has 0 bridgehead atoms. The normalized spacial score (nSPS) is 10.4. The van der Waals surface area contributed by atoms with Crippen LogP contribution in [-0.2, 0) is 4.74 Å². The van der Waals surface area contributed by atoms with Crippen molar-refractivity contribution < 1.29 is 19.1 Å². The van der Waals surface area contributed by atoms with Gasteiger partial charge in [-0.05, 0) is 38.1 Å². The Morgan fingerprint density at radius 1 is 1.08 bits per heavy atom. The van der Waals surface area contributed by atoms with Crippen LogP contribution in [0.25, 0.3) is 11.3 Å². The third-order valence-corrected chi connectivity index (χ3v) is 3.95. The van der Waals surface area contributed by atoms with Crippen molar-refractivity contribution in [2.24, 2.45) is 0 Å². The lowest BCUT2D eigenvalue weighted by Gasteiger charge is -2.11. The van der Waals surface area contributed by atoms with Crippen LogP contribution in [0.5, 0.6) is 11.5 Å². The summed E-state index contributed by atoms with van der Waals surface area (Å²) in [5, 5.41) is 0. The Balaban J connectivity index is 2.09. The summed E-state index contributed by atoms with van der Waals surface area (Å²) in [6, 6.07) is 16.7. The predicted molar refractivity (Wildman–Crippen MR) is 98.8 cm³/mol. The Bertz CT molecular complexity index is 928. The van der Waals surface area contributed by atoms with E-state index in [-0.39, 0.29) is 17.7 Å². The summed E-state index contributed by atoms with van der Waals surface area (Å²) in [5.74, 6) is 0.746. The van der Waals surface area contributed by atoms with Gasteiger partial charge >= 0.3 is 5.97 Å². The number of hydrogen-bond acceptors (Lipinski definition) is 4. The highest BCUT2D eigenvalue weighted by molar-refractivity contribution is 6.04. The van der Waals surface area contributed by atoms with Crippen molar-refractivity contribution in [2.75, 3.05) is 6.61 Å². The first kappa shape index (κ1) is 17.5. The molecule has 26 heavy (non-hydrogen) atoms. The van der Waals surface area contributed by atoms with Crippen LogP contribution in [0.15, 0.2) is 54.6 Å². The molecule has 0 fully saturated rings. The molecule has 3 rings (SSSR count). The molecule has 5 nitrogen and oxygen atoms in total. The highest BCUT2D eigenvalue weighted by Crippen LogP contribution is 2.36. The van der Waals surface area contributed by atoms with Gasteiger partial charge < -0.3 is 14.5 Å². The van der Waals surface area contributed by atoms with Gasteiger partial charge in [-0.15, -0.1) is 0 Å². The maximum absolute atomic E-state index is 12.2.